The van der Waals surface area contributed by atoms with Crippen LogP contribution in [0.25, 0.3) is 0 Å². The Balaban J connectivity index is 1.89. The molecule has 0 bridgehead atoms. The van der Waals surface area contributed by atoms with Crippen molar-refractivity contribution in [2.45, 2.75) is 103 Å². The first kappa shape index (κ1) is 26.0. The fourth-order valence-corrected chi connectivity index (χ4v) is 5.25. The molecule has 0 aliphatic carbocycles. The Morgan fingerprint density at radius 3 is 2.58 bits per heavy atom. The Morgan fingerprint density at radius 2 is 2.00 bits per heavy atom. The maximum absolute atomic E-state index is 11.2. The zero-order valence-corrected chi connectivity index (χ0v) is 20.3. The van der Waals surface area contributed by atoms with Gasteiger partial charge in [0, 0.05) is 13.0 Å². The van der Waals surface area contributed by atoms with E-state index in [-0.39, 0.29) is 41.8 Å². The van der Waals surface area contributed by atoms with Gasteiger partial charge in [0.25, 0.3) is 0 Å². The second-order valence-corrected chi connectivity index (χ2v) is 10.0. The number of hydrogen-bond acceptors (Lipinski definition) is 5. The van der Waals surface area contributed by atoms with Gasteiger partial charge in [0.05, 0.1) is 42.5 Å². The standard InChI is InChI=1S/C25H43NO5/c1-15(14-25(6)24(31-25)18(4)23(29-7)19(5)27)9-8-10-16(2)22-17(3)11-12-20(30-22)13-21(26)28/h8-10,15,17-20,22-24,27H,11-14H2,1-7H3,(H2,26,28)/b9-8+,16-10+/t15-,17+,18-,19-,20-,22-,23-,24-,25-/m1/s1. The van der Waals surface area contributed by atoms with Crippen molar-refractivity contribution in [3.63, 3.8) is 0 Å². The number of amides is 1. The quantitative estimate of drug-likeness (QED) is 0.379. The third-order valence-corrected chi connectivity index (χ3v) is 6.89. The highest BCUT2D eigenvalue weighted by Gasteiger charge is 2.56. The van der Waals surface area contributed by atoms with Crippen LogP contribution in [0.4, 0.5) is 0 Å². The Morgan fingerprint density at radius 1 is 1.32 bits per heavy atom. The van der Waals surface area contributed by atoms with E-state index in [9.17, 15) is 9.90 Å². The number of allylic oxidation sites excluding steroid dienone is 3. The highest BCUT2D eigenvalue weighted by atomic mass is 16.6. The molecule has 1 amide bonds. The Labute approximate surface area is 188 Å². The summed E-state index contributed by atoms with van der Waals surface area (Å²) in [5.74, 6) is 0.606. The number of hydrogen-bond donors (Lipinski definition) is 2. The van der Waals surface area contributed by atoms with Crippen LogP contribution in [0.1, 0.15) is 67.2 Å². The smallest absolute Gasteiger partial charge is 0.220 e. The molecule has 0 spiro atoms. The molecule has 0 saturated carbocycles. The van der Waals surface area contributed by atoms with E-state index in [1.165, 1.54) is 5.57 Å². The number of carbonyl (C=O) groups excluding carboxylic acids is 1. The van der Waals surface area contributed by atoms with Crippen molar-refractivity contribution in [3.05, 3.63) is 23.8 Å². The van der Waals surface area contributed by atoms with E-state index in [1.54, 1.807) is 14.0 Å². The zero-order valence-electron chi connectivity index (χ0n) is 20.3. The summed E-state index contributed by atoms with van der Waals surface area (Å²) < 4.78 is 17.7. The molecule has 3 N–H and O–H groups in total. The van der Waals surface area contributed by atoms with Crippen molar-refractivity contribution in [3.8, 4) is 0 Å². The number of ether oxygens (including phenoxy) is 3. The summed E-state index contributed by atoms with van der Waals surface area (Å²) in [4.78, 5) is 11.2. The lowest BCUT2D eigenvalue weighted by Gasteiger charge is -2.35. The van der Waals surface area contributed by atoms with Crippen LogP contribution in [0.3, 0.4) is 0 Å². The molecule has 6 nitrogen and oxygen atoms in total. The molecule has 6 heteroatoms. The minimum atomic E-state index is -0.522. The first-order chi connectivity index (χ1) is 14.5. The highest BCUT2D eigenvalue weighted by molar-refractivity contribution is 5.74. The van der Waals surface area contributed by atoms with E-state index in [0.717, 1.165) is 19.3 Å². The van der Waals surface area contributed by atoms with E-state index >= 15 is 0 Å². The molecule has 0 aromatic heterocycles. The summed E-state index contributed by atoms with van der Waals surface area (Å²) in [6.07, 6.45) is 8.86. The maximum atomic E-state index is 11.2. The number of carbonyl (C=O) groups is 1. The van der Waals surface area contributed by atoms with Gasteiger partial charge in [0.15, 0.2) is 0 Å². The molecule has 2 fully saturated rings. The molecular weight excluding hydrogens is 394 g/mol. The summed E-state index contributed by atoms with van der Waals surface area (Å²) in [6.45, 7) is 12.5. The van der Waals surface area contributed by atoms with Gasteiger partial charge < -0.3 is 25.1 Å². The number of aliphatic hydroxyl groups excluding tert-OH is 1. The van der Waals surface area contributed by atoms with Gasteiger partial charge in [-0.3, -0.25) is 4.79 Å². The van der Waals surface area contributed by atoms with Gasteiger partial charge in [0.2, 0.25) is 5.91 Å². The predicted molar refractivity (Wildman–Crippen MR) is 122 cm³/mol. The molecular formula is C25H43NO5. The van der Waals surface area contributed by atoms with Crippen molar-refractivity contribution in [2.24, 2.45) is 23.5 Å². The summed E-state index contributed by atoms with van der Waals surface area (Å²) in [5, 5.41) is 9.93. The van der Waals surface area contributed by atoms with Crippen LogP contribution in [0.2, 0.25) is 0 Å². The highest BCUT2D eigenvalue weighted by Crippen LogP contribution is 2.47. The third kappa shape index (κ3) is 7.14. The molecule has 178 valence electrons. The van der Waals surface area contributed by atoms with Crippen molar-refractivity contribution in [1.82, 2.24) is 0 Å². The van der Waals surface area contributed by atoms with Gasteiger partial charge in [0.1, 0.15) is 0 Å². The van der Waals surface area contributed by atoms with Crippen LogP contribution in [0.15, 0.2) is 23.8 Å². The van der Waals surface area contributed by atoms with Gasteiger partial charge in [-0.25, -0.2) is 0 Å². The lowest BCUT2D eigenvalue weighted by molar-refractivity contribution is -0.125. The zero-order chi connectivity index (χ0) is 23.3. The molecule has 2 aliphatic heterocycles. The first-order valence-electron chi connectivity index (χ1n) is 11.7. The largest absolute Gasteiger partial charge is 0.391 e. The Bertz CT molecular complexity index is 660. The van der Waals surface area contributed by atoms with Crippen LogP contribution in [-0.2, 0) is 19.0 Å². The van der Waals surface area contributed by atoms with Crippen LogP contribution < -0.4 is 5.73 Å². The third-order valence-electron chi connectivity index (χ3n) is 6.89. The lowest BCUT2D eigenvalue weighted by atomic mass is 9.85. The van der Waals surface area contributed by atoms with E-state index in [4.69, 9.17) is 19.9 Å². The maximum Gasteiger partial charge on any atom is 0.220 e. The van der Waals surface area contributed by atoms with Crippen molar-refractivity contribution in [1.29, 1.82) is 0 Å². The van der Waals surface area contributed by atoms with Crippen molar-refractivity contribution in [2.75, 3.05) is 7.11 Å². The van der Waals surface area contributed by atoms with Gasteiger partial charge >= 0.3 is 0 Å². The Kier molecular flexibility index (Phi) is 9.31. The second-order valence-electron chi connectivity index (χ2n) is 10.0. The summed E-state index contributed by atoms with van der Waals surface area (Å²) >= 11 is 0. The topological polar surface area (TPSA) is 94.3 Å². The molecule has 9 atom stereocenters. The number of epoxide rings is 1. The van der Waals surface area contributed by atoms with Crippen LogP contribution in [0.5, 0.6) is 0 Å². The number of aliphatic hydroxyl groups is 1. The summed E-state index contributed by atoms with van der Waals surface area (Å²) in [6, 6.07) is 0. The average Bonchev–Trinajstić information content (AvgIpc) is 3.33. The normalized spacial score (nSPS) is 35.5. The first-order valence-corrected chi connectivity index (χ1v) is 11.7. The van der Waals surface area contributed by atoms with Gasteiger partial charge in [-0.1, -0.05) is 39.0 Å². The fourth-order valence-electron chi connectivity index (χ4n) is 5.25. The lowest BCUT2D eigenvalue weighted by Crippen LogP contribution is -2.36. The van der Waals surface area contributed by atoms with Crippen molar-refractivity contribution >= 4 is 5.91 Å². The van der Waals surface area contributed by atoms with Crippen LogP contribution >= 0.6 is 0 Å². The van der Waals surface area contributed by atoms with Gasteiger partial charge in [-0.15, -0.1) is 0 Å². The van der Waals surface area contributed by atoms with Crippen LogP contribution in [0, 0.1) is 17.8 Å². The number of nitrogens with two attached hydrogens (primary N) is 1. The SMILES string of the molecule is CO[C@H]([C@@H](C)[C@H]1O[C@]1(C)C[C@H](C)/C=C/C=C(\C)[C@H]1O[C@@H](CC(N)=O)CC[C@@H]1C)[C@@H](C)O. The van der Waals surface area contributed by atoms with Gasteiger partial charge in [-0.2, -0.15) is 0 Å². The molecule has 0 unspecified atom stereocenters. The molecule has 0 aromatic carbocycles. The molecule has 2 aliphatic rings. The number of primary amides is 1. The molecule has 2 saturated heterocycles. The molecule has 0 aromatic rings. The minimum absolute atomic E-state index is 0.0269. The minimum Gasteiger partial charge on any atom is -0.391 e. The second kappa shape index (κ2) is 11.1. The van der Waals surface area contributed by atoms with E-state index in [1.807, 2.05) is 0 Å². The summed E-state index contributed by atoms with van der Waals surface area (Å²) in [5.41, 5.74) is 6.33. The van der Waals surface area contributed by atoms with E-state index in [0.29, 0.717) is 18.3 Å². The molecule has 31 heavy (non-hydrogen) atoms. The van der Waals surface area contributed by atoms with Crippen LogP contribution in [-0.4, -0.2) is 54.2 Å². The van der Waals surface area contributed by atoms with Crippen molar-refractivity contribution < 1.29 is 24.1 Å². The number of methoxy groups -OCH3 is 1. The molecule has 0 radical (unpaired) electrons. The molecule has 2 rings (SSSR count). The number of rotatable bonds is 11. The fraction of sp³-hybridized carbons (Fsp3) is 0.800. The predicted octanol–water partition coefficient (Wildman–Crippen LogP) is 3.76. The van der Waals surface area contributed by atoms with E-state index in [2.05, 4.69) is 52.8 Å². The monoisotopic (exact) mass is 437 g/mol. The molecule has 2 heterocycles. The van der Waals surface area contributed by atoms with E-state index < -0.39 is 6.10 Å². The van der Waals surface area contributed by atoms with Gasteiger partial charge in [-0.05, 0) is 57.4 Å². The Hall–Kier alpha value is -1.21. The summed E-state index contributed by atoms with van der Waals surface area (Å²) in [7, 11) is 1.64. The average molecular weight is 438 g/mol.